The number of carbonyl (C=O) groups is 1. The summed E-state index contributed by atoms with van der Waals surface area (Å²) in [5, 5.41) is 0. The van der Waals surface area contributed by atoms with E-state index in [0.717, 1.165) is 5.57 Å². The molecule has 0 saturated heterocycles. The highest BCUT2D eigenvalue weighted by Crippen LogP contribution is 2.52. The second kappa shape index (κ2) is 3.23. The van der Waals surface area contributed by atoms with Gasteiger partial charge in [0.1, 0.15) is 5.76 Å². The number of hydrogen-bond acceptors (Lipinski definition) is 2. The zero-order chi connectivity index (χ0) is 11.1. The van der Waals surface area contributed by atoms with E-state index < -0.39 is 0 Å². The van der Waals surface area contributed by atoms with E-state index in [0.29, 0.717) is 12.2 Å². The average Bonchev–Trinajstić information content (AvgIpc) is 2.23. The molecule has 0 aliphatic heterocycles. The van der Waals surface area contributed by atoms with Crippen molar-refractivity contribution in [1.29, 1.82) is 0 Å². The standard InChI is InChI=1S/C11H17O2Si/c1-7-9(13-14)8(12)6-11(7,5)10(2,3)4/h6H2,1-5H3/t11-/m0/s1. The van der Waals surface area contributed by atoms with Gasteiger partial charge in [-0.25, -0.2) is 0 Å². The molecular formula is C11H17O2Si. The van der Waals surface area contributed by atoms with Crippen molar-refractivity contribution < 1.29 is 9.22 Å². The SMILES string of the molecule is CC1=C(O[Si])C(=O)C[C@]1(C)C(C)(C)C. The molecule has 0 aromatic rings. The highest BCUT2D eigenvalue weighted by molar-refractivity contribution is 6.06. The van der Waals surface area contributed by atoms with Crippen molar-refractivity contribution in [2.24, 2.45) is 10.8 Å². The van der Waals surface area contributed by atoms with E-state index in [2.05, 4.69) is 38.2 Å². The molecular weight excluding hydrogens is 192 g/mol. The third-order valence-corrected chi connectivity index (χ3v) is 3.90. The fourth-order valence-corrected chi connectivity index (χ4v) is 2.22. The van der Waals surface area contributed by atoms with Gasteiger partial charge in [0.25, 0.3) is 0 Å². The van der Waals surface area contributed by atoms with E-state index in [4.69, 9.17) is 4.43 Å². The molecule has 77 valence electrons. The summed E-state index contributed by atoms with van der Waals surface area (Å²) in [7, 11) is 2.95. The molecule has 0 fully saturated rings. The molecule has 0 unspecified atom stereocenters. The maximum Gasteiger partial charge on any atom is 0.341 e. The molecule has 3 radical (unpaired) electrons. The van der Waals surface area contributed by atoms with Crippen LogP contribution in [0.4, 0.5) is 0 Å². The Bertz CT molecular complexity index is 299. The summed E-state index contributed by atoms with van der Waals surface area (Å²) >= 11 is 0. The largest absolute Gasteiger partial charge is 0.538 e. The van der Waals surface area contributed by atoms with Crippen LogP contribution < -0.4 is 0 Å². The molecule has 14 heavy (non-hydrogen) atoms. The molecule has 0 saturated carbocycles. The lowest BCUT2D eigenvalue weighted by atomic mass is 9.64. The second-order valence-electron chi connectivity index (χ2n) is 5.24. The minimum absolute atomic E-state index is 0.0687. The van der Waals surface area contributed by atoms with Gasteiger partial charge >= 0.3 is 10.5 Å². The van der Waals surface area contributed by atoms with Crippen LogP contribution in [0.2, 0.25) is 0 Å². The van der Waals surface area contributed by atoms with Crippen LogP contribution in [0.1, 0.15) is 41.0 Å². The van der Waals surface area contributed by atoms with Crippen LogP contribution in [-0.2, 0) is 9.22 Å². The molecule has 0 aromatic heterocycles. The van der Waals surface area contributed by atoms with Gasteiger partial charge in [0.15, 0.2) is 5.78 Å². The Morgan fingerprint density at radius 1 is 1.43 bits per heavy atom. The molecule has 0 N–H and O–H groups in total. The van der Waals surface area contributed by atoms with Gasteiger partial charge in [-0.15, -0.1) is 0 Å². The Hall–Kier alpha value is -0.573. The maximum atomic E-state index is 11.7. The van der Waals surface area contributed by atoms with Gasteiger partial charge in [0.05, 0.1) is 0 Å². The number of allylic oxidation sites excluding steroid dienone is 2. The molecule has 3 heteroatoms. The predicted molar refractivity (Wildman–Crippen MR) is 56.7 cm³/mol. The molecule has 0 aromatic carbocycles. The third kappa shape index (κ3) is 1.43. The summed E-state index contributed by atoms with van der Waals surface area (Å²) in [4.78, 5) is 11.7. The Kier molecular flexibility index (Phi) is 2.65. The second-order valence-corrected chi connectivity index (χ2v) is 5.44. The summed E-state index contributed by atoms with van der Waals surface area (Å²) in [6, 6.07) is 0. The lowest BCUT2D eigenvalue weighted by Gasteiger charge is -2.39. The summed E-state index contributed by atoms with van der Waals surface area (Å²) < 4.78 is 4.96. The first kappa shape index (κ1) is 11.5. The lowest BCUT2D eigenvalue weighted by molar-refractivity contribution is -0.118. The van der Waals surface area contributed by atoms with E-state index in [1.165, 1.54) is 0 Å². The zero-order valence-corrected chi connectivity index (χ0v) is 10.5. The van der Waals surface area contributed by atoms with Gasteiger partial charge in [0.2, 0.25) is 0 Å². The summed E-state index contributed by atoms with van der Waals surface area (Å²) in [6.07, 6.45) is 0.544. The fraction of sp³-hybridized carbons (Fsp3) is 0.727. The van der Waals surface area contributed by atoms with Crippen molar-refractivity contribution in [1.82, 2.24) is 0 Å². The fourth-order valence-electron chi connectivity index (χ4n) is 1.95. The van der Waals surface area contributed by atoms with Gasteiger partial charge in [-0.05, 0) is 17.9 Å². The quantitative estimate of drug-likeness (QED) is 0.620. The monoisotopic (exact) mass is 209 g/mol. The molecule has 0 heterocycles. The van der Waals surface area contributed by atoms with E-state index >= 15 is 0 Å². The molecule has 1 atom stereocenters. The number of ketones is 1. The van der Waals surface area contributed by atoms with Crippen LogP contribution in [0.3, 0.4) is 0 Å². The van der Waals surface area contributed by atoms with E-state index in [-0.39, 0.29) is 16.6 Å². The Labute approximate surface area is 89.3 Å². The van der Waals surface area contributed by atoms with Gasteiger partial charge in [-0.1, -0.05) is 27.7 Å². The number of Topliss-reactive ketones (excluding diaryl/α,β-unsaturated/α-hetero) is 1. The number of carbonyl (C=O) groups excluding carboxylic acids is 1. The predicted octanol–water partition coefficient (Wildman–Crippen LogP) is 2.39. The first-order valence-electron chi connectivity index (χ1n) is 4.82. The molecule has 0 spiro atoms. The van der Waals surface area contributed by atoms with Crippen LogP contribution in [0.5, 0.6) is 0 Å². The van der Waals surface area contributed by atoms with Crippen LogP contribution in [0.15, 0.2) is 11.3 Å². The highest BCUT2D eigenvalue weighted by atomic mass is 28.2. The minimum Gasteiger partial charge on any atom is -0.538 e. The first-order valence-corrected chi connectivity index (χ1v) is 5.23. The summed E-state index contributed by atoms with van der Waals surface area (Å²) in [5.41, 5.74) is 1.02. The molecule has 0 amide bonds. The third-order valence-electron chi connectivity index (χ3n) is 3.69. The van der Waals surface area contributed by atoms with Crippen LogP contribution in [0.25, 0.3) is 0 Å². The van der Waals surface area contributed by atoms with Gasteiger partial charge in [-0.3, -0.25) is 4.79 Å². The molecule has 1 aliphatic carbocycles. The number of rotatable bonds is 1. The molecule has 0 bridgehead atoms. The minimum atomic E-state index is -0.0912. The molecule has 1 aliphatic rings. The first-order chi connectivity index (χ1) is 6.24. The topological polar surface area (TPSA) is 26.3 Å². The highest BCUT2D eigenvalue weighted by Gasteiger charge is 2.47. The van der Waals surface area contributed by atoms with Crippen molar-refractivity contribution in [2.75, 3.05) is 0 Å². The van der Waals surface area contributed by atoms with E-state index in [9.17, 15) is 4.79 Å². The Balaban J connectivity index is 3.20. The van der Waals surface area contributed by atoms with Crippen molar-refractivity contribution in [3.63, 3.8) is 0 Å². The van der Waals surface area contributed by atoms with Crippen molar-refractivity contribution in [2.45, 2.75) is 41.0 Å². The van der Waals surface area contributed by atoms with Crippen LogP contribution in [0, 0.1) is 10.8 Å². The summed E-state index contributed by atoms with van der Waals surface area (Å²) in [6.45, 7) is 10.6. The molecule has 2 nitrogen and oxygen atoms in total. The van der Waals surface area contributed by atoms with Crippen molar-refractivity contribution in [3.8, 4) is 0 Å². The Morgan fingerprint density at radius 3 is 2.14 bits per heavy atom. The van der Waals surface area contributed by atoms with Crippen LogP contribution >= 0.6 is 0 Å². The van der Waals surface area contributed by atoms with Gasteiger partial charge in [-0.2, -0.15) is 0 Å². The summed E-state index contributed by atoms with van der Waals surface area (Å²) in [5.74, 6) is 0.578. The normalized spacial score (nSPS) is 28.6. The maximum absolute atomic E-state index is 11.7. The van der Waals surface area contributed by atoms with Crippen molar-refractivity contribution >= 4 is 16.3 Å². The van der Waals surface area contributed by atoms with Crippen molar-refractivity contribution in [3.05, 3.63) is 11.3 Å². The van der Waals surface area contributed by atoms with E-state index in [1.54, 1.807) is 0 Å². The Morgan fingerprint density at radius 2 is 1.93 bits per heavy atom. The average molecular weight is 209 g/mol. The molecule has 1 rings (SSSR count). The smallest absolute Gasteiger partial charge is 0.341 e. The van der Waals surface area contributed by atoms with Crippen LogP contribution in [-0.4, -0.2) is 16.3 Å². The zero-order valence-electron chi connectivity index (χ0n) is 9.52. The number of hydrogen-bond donors (Lipinski definition) is 0. The van der Waals surface area contributed by atoms with E-state index in [1.807, 2.05) is 6.92 Å². The lowest BCUT2D eigenvalue weighted by Crippen LogP contribution is -2.32. The van der Waals surface area contributed by atoms with Gasteiger partial charge in [0, 0.05) is 11.8 Å². The van der Waals surface area contributed by atoms with Gasteiger partial charge < -0.3 is 4.43 Å².